The van der Waals surface area contributed by atoms with Crippen molar-refractivity contribution in [3.63, 3.8) is 0 Å². The van der Waals surface area contributed by atoms with Gasteiger partial charge in [-0.05, 0) is 52.4 Å². The lowest BCUT2D eigenvalue weighted by Gasteiger charge is -2.28. The standard InChI is InChI=1S/C20H34N4O4/c1-16(2)22-19(25)24(13-9-8-12-21-3)14-18(15-27-4)28-20(26)23-17-10-6-5-7-11-17/h5-7,10-11,16,18,21H,8-9,12-15H2,1-4H3,(H,22,25)(H,23,26). The van der Waals surface area contributed by atoms with Crippen molar-refractivity contribution >= 4 is 17.8 Å². The quantitative estimate of drug-likeness (QED) is 0.474. The van der Waals surface area contributed by atoms with Gasteiger partial charge in [-0.25, -0.2) is 9.59 Å². The van der Waals surface area contributed by atoms with Gasteiger partial charge in [0.05, 0.1) is 13.2 Å². The molecule has 0 aromatic heterocycles. The van der Waals surface area contributed by atoms with E-state index >= 15 is 0 Å². The number of nitrogens with one attached hydrogen (secondary N) is 3. The van der Waals surface area contributed by atoms with E-state index in [4.69, 9.17) is 9.47 Å². The van der Waals surface area contributed by atoms with E-state index in [9.17, 15) is 9.59 Å². The summed E-state index contributed by atoms with van der Waals surface area (Å²) >= 11 is 0. The zero-order valence-corrected chi connectivity index (χ0v) is 17.4. The number of carbonyl (C=O) groups excluding carboxylic acids is 2. The third-order valence-corrected chi connectivity index (χ3v) is 3.87. The Hall–Kier alpha value is -2.32. The minimum absolute atomic E-state index is 0.0236. The third kappa shape index (κ3) is 10.1. The van der Waals surface area contributed by atoms with Crippen molar-refractivity contribution in [2.75, 3.05) is 45.7 Å². The summed E-state index contributed by atoms with van der Waals surface area (Å²) in [6, 6.07) is 8.91. The van der Waals surface area contributed by atoms with E-state index in [0.29, 0.717) is 12.2 Å². The van der Waals surface area contributed by atoms with Gasteiger partial charge in [0.2, 0.25) is 0 Å². The maximum absolute atomic E-state index is 12.5. The Labute approximate surface area is 168 Å². The number of benzene rings is 1. The summed E-state index contributed by atoms with van der Waals surface area (Å²) in [5, 5.41) is 8.68. The molecule has 3 N–H and O–H groups in total. The number of methoxy groups -OCH3 is 1. The van der Waals surface area contributed by atoms with Crippen molar-refractivity contribution in [2.45, 2.75) is 38.8 Å². The predicted molar refractivity (Wildman–Crippen MR) is 111 cm³/mol. The van der Waals surface area contributed by atoms with Gasteiger partial charge in [0.25, 0.3) is 0 Å². The number of carbonyl (C=O) groups is 2. The number of amides is 3. The summed E-state index contributed by atoms with van der Waals surface area (Å²) in [4.78, 5) is 26.4. The molecule has 0 aliphatic heterocycles. The molecule has 8 heteroatoms. The molecule has 0 aliphatic carbocycles. The number of para-hydroxylation sites is 1. The predicted octanol–water partition coefficient (Wildman–Crippen LogP) is 2.67. The van der Waals surface area contributed by atoms with Crippen LogP contribution in [0.2, 0.25) is 0 Å². The highest BCUT2D eigenvalue weighted by molar-refractivity contribution is 5.84. The average molecular weight is 395 g/mol. The molecule has 1 rings (SSSR count). The van der Waals surface area contributed by atoms with Crippen LogP contribution in [0.25, 0.3) is 0 Å². The van der Waals surface area contributed by atoms with Gasteiger partial charge in [0, 0.05) is 25.4 Å². The van der Waals surface area contributed by atoms with Crippen LogP contribution in [0.15, 0.2) is 30.3 Å². The topological polar surface area (TPSA) is 91.9 Å². The van der Waals surface area contributed by atoms with Gasteiger partial charge in [0.1, 0.15) is 6.10 Å². The molecule has 158 valence electrons. The van der Waals surface area contributed by atoms with E-state index in [1.165, 1.54) is 7.11 Å². The number of anilines is 1. The van der Waals surface area contributed by atoms with Crippen molar-refractivity contribution in [3.8, 4) is 0 Å². The summed E-state index contributed by atoms with van der Waals surface area (Å²) in [6.07, 6.45) is 0.651. The van der Waals surface area contributed by atoms with Gasteiger partial charge in [-0.3, -0.25) is 5.32 Å². The second-order valence-electron chi connectivity index (χ2n) is 6.83. The van der Waals surface area contributed by atoms with Gasteiger partial charge in [-0.15, -0.1) is 0 Å². The van der Waals surface area contributed by atoms with Gasteiger partial charge in [0.15, 0.2) is 0 Å². The Bertz CT molecular complexity index is 569. The summed E-state index contributed by atoms with van der Waals surface area (Å²) < 4.78 is 10.7. The third-order valence-electron chi connectivity index (χ3n) is 3.87. The molecule has 1 aromatic rings. The lowest BCUT2D eigenvalue weighted by molar-refractivity contribution is 0.0300. The van der Waals surface area contributed by atoms with E-state index in [1.807, 2.05) is 39.1 Å². The zero-order valence-electron chi connectivity index (χ0n) is 17.4. The van der Waals surface area contributed by atoms with Gasteiger partial charge >= 0.3 is 12.1 Å². The van der Waals surface area contributed by atoms with Crippen LogP contribution in [-0.2, 0) is 9.47 Å². The Morgan fingerprint density at radius 1 is 1.14 bits per heavy atom. The largest absolute Gasteiger partial charge is 0.442 e. The van der Waals surface area contributed by atoms with Crippen LogP contribution in [-0.4, -0.2) is 69.6 Å². The fourth-order valence-electron chi connectivity index (χ4n) is 2.59. The Morgan fingerprint density at radius 3 is 2.46 bits per heavy atom. The van der Waals surface area contributed by atoms with Crippen LogP contribution < -0.4 is 16.0 Å². The first-order valence-corrected chi connectivity index (χ1v) is 9.68. The molecule has 0 heterocycles. The molecule has 0 saturated carbocycles. The molecule has 8 nitrogen and oxygen atoms in total. The first kappa shape index (κ1) is 23.7. The van der Waals surface area contributed by atoms with E-state index < -0.39 is 12.2 Å². The molecule has 0 radical (unpaired) electrons. The van der Waals surface area contributed by atoms with Crippen molar-refractivity contribution < 1.29 is 19.1 Å². The average Bonchev–Trinajstić information content (AvgIpc) is 2.64. The summed E-state index contributed by atoms with van der Waals surface area (Å²) in [5.41, 5.74) is 0.644. The minimum Gasteiger partial charge on any atom is -0.442 e. The summed E-state index contributed by atoms with van der Waals surface area (Å²) in [5.74, 6) is 0. The van der Waals surface area contributed by atoms with E-state index in [2.05, 4.69) is 16.0 Å². The van der Waals surface area contributed by atoms with Crippen LogP contribution in [0.4, 0.5) is 15.3 Å². The second kappa shape index (κ2) is 13.8. The Morgan fingerprint density at radius 2 is 1.86 bits per heavy atom. The van der Waals surface area contributed by atoms with Crippen LogP contribution in [0.3, 0.4) is 0 Å². The molecule has 0 aliphatic rings. The van der Waals surface area contributed by atoms with Crippen molar-refractivity contribution in [3.05, 3.63) is 30.3 Å². The van der Waals surface area contributed by atoms with E-state index in [0.717, 1.165) is 19.4 Å². The molecule has 0 bridgehead atoms. The molecule has 1 atom stereocenters. The zero-order chi connectivity index (χ0) is 20.8. The highest BCUT2D eigenvalue weighted by Gasteiger charge is 2.22. The van der Waals surface area contributed by atoms with Crippen molar-refractivity contribution in [2.24, 2.45) is 0 Å². The smallest absolute Gasteiger partial charge is 0.412 e. The van der Waals surface area contributed by atoms with E-state index in [1.54, 1.807) is 17.0 Å². The maximum Gasteiger partial charge on any atom is 0.412 e. The minimum atomic E-state index is -0.576. The Balaban J connectivity index is 2.68. The van der Waals surface area contributed by atoms with Crippen LogP contribution >= 0.6 is 0 Å². The first-order valence-electron chi connectivity index (χ1n) is 9.68. The molecule has 1 unspecified atom stereocenters. The van der Waals surface area contributed by atoms with Gasteiger partial charge in [-0.1, -0.05) is 18.2 Å². The lowest BCUT2D eigenvalue weighted by Crippen LogP contribution is -2.48. The number of ether oxygens (including phenoxy) is 2. The number of urea groups is 1. The number of unbranched alkanes of at least 4 members (excludes halogenated alkanes) is 1. The molecule has 28 heavy (non-hydrogen) atoms. The normalized spacial score (nSPS) is 11.8. The number of hydrogen-bond acceptors (Lipinski definition) is 5. The summed E-state index contributed by atoms with van der Waals surface area (Å²) in [7, 11) is 3.44. The number of hydrogen-bond donors (Lipinski definition) is 3. The van der Waals surface area contributed by atoms with Gasteiger partial charge in [-0.2, -0.15) is 0 Å². The molecule has 0 fully saturated rings. The Kier molecular flexibility index (Phi) is 11.7. The molecule has 3 amide bonds. The van der Waals surface area contributed by atoms with Crippen molar-refractivity contribution in [1.29, 1.82) is 0 Å². The number of nitrogens with zero attached hydrogens (tertiary/aromatic N) is 1. The monoisotopic (exact) mass is 394 g/mol. The van der Waals surface area contributed by atoms with E-state index in [-0.39, 0.29) is 25.2 Å². The molecule has 0 saturated heterocycles. The highest BCUT2D eigenvalue weighted by atomic mass is 16.6. The SMILES string of the molecule is CNCCCCN(CC(COC)OC(=O)Nc1ccccc1)C(=O)NC(C)C. The highest BCUT2D eigenvalue weighted by Crippen LogP contribution is 2.08. The molecule has 1 aromatic carbocycles. The lowest BCUT2D eigenvalue weighted by atomic mass is 10.2. The number of rotatable bonds is 12. The maximum atomic E-state index is 12.5. The van der Waals surface area contributed by atoms with Crippen molar-refractivity contribution in [1.82, 2.24) is 15.5 Å². The fraction of sp³-hybridized carbons (Fsp3) is 0.600. The van der Waals surface area contributed by atoms with Crippen LogP contribution in [0.5, 0.6) is 0 Å². The van der Waals surface area contributed by atoms with Crippen LogP contribution in [0, 0.1) is 0 Å². The molecule has 0 spiro atoms. The van der Waals surface area contributed by atoms with Gasteiger partial charge < -0.3 is 25.0 Å². The summed E-state index contributed by atoms with van der Waals surface area (Å²) in [6.45, 7) is 5.74. The molecular formula is C20H34N4O4. The fourth-order valence-corrected chi connectivity index (χ4v) is 2.59. The molecular weight excluding hydrogens is 360 g/mol. The second-order valence-corrected chi connectivity index (χ2v) is 6.83. The first-order chi connectivity index (χ1) is 13.5. The van der Waals surface area contributed by atoms with Crippen LogP contribution in [0.1, 0.15) is 26.7 Å².